The van der Waals surface area contributed by atoms with E-state index < -0.39 is 23.6 Å². The highest BCUT2D eigenvalue weighted by Gasteiger charge is 2.46. The zero-order valence-electron chi connectivity index (χ0n) is 13.8. The van der Waals surface area contributed by atoms with E-state index in [0.717, 1.165) is 4.90 Å². The molecule has 1 N–H and O–H groups in total. The summed E-state index contributed by atoms with van der Waals surface area (Å²) in [6, 6.07) is 14.5. The number of carbonyl (C=O) groups excluding carboxylic acids is 3. The van der Waals surface area contributed by atoms with Crippen molar-refractivity contribution < 1.29 is 14.4 Å². The number of ketones is 1. The van der Waals surface area contributed by atoms with Gasteiger partial charge in [0.1, 0.15) is 11.1 Å². The number of pyridine rings is 1. The molecule has 3 aromatic rings. The molecule has 3 heterocycles. The molecular weight excluding hydrogens is 386 g/mol. The lowest BCUT2D eigenvalue weighted by Gasteiger charge is -2.16. The second-order valence-electron chi connectivity index (χ2n) is 5.78. The zero-order valence-corrected chi connectivity index (χ0v) is 15.3. The molecule has 2 aromatic heterocycles. The van der Waals surface area contributed by atoms with Crippen LogP contribution in [0.25, 0.3) is 0 Å². The van der Waals surface area contributed by atoms with Crippen molar-refractivity contribution >= 4 is 52.0 Å². The van der Waals surface area contributed by atoms with Crippen LogP contribution in [0.1, 0.15) is 21.3 Å². The van der Waals surface area contributed by atoms with Crippen LogP contribution in [0.15, 0.2) is 60.0 Å². The van der Waals surface area contributed by atoms with Gasteiger partial charge >= 0.3 is 6.03 Å². The van der Waals surface area contributed by atoms with E-state index in [2.05, 4.69) is 10.3 Å². The average molecular weight is 398 g/mol. The van der Waals surface area contributed by atoms with Gasteiger partial charge < -0.3 is 5.32 Å². The molecule has 1 aromatic carbocycles. The third-order valence-corrected chi connectivity index (χ3v) is 5.20. The second-order valence-corrected chi connectivity index (χ2v) is 7.12. The van der Waals surface area contributed by atoms with E-state index in [0.29, 0.717) is 10.6 Å². The molecule has 3 amide bonds. The molecule has 0 bridgehead atoms. The van der Waals surface area contributed by atoms with Crippen LogP contribution in [0.3, 0.4) is 0 Å². The molecular formula is C19H12ClN3O3S. The Morgan fingerprint density at radius 1 is 1.07 bits per heavy atom. The maximum absolute atomic E-state index is 13.0. The van der Waals surface area contributed by atoms with Gasteiger partial charge in [-0.05, 0) is 35.7 Å². The van der Waals surface area contributed by atoms with Gasteiger partial charge in [0.25, 0.3) is 5.91 Å². The number of imide groups is 1. The van der Waals surface area contributed by atoms with Gasteiger partial charge in [-0.1, -0.05) is 35.9 Å². The van der Waals surface area contributed by atoms with Crippen molar-refractivity contribution in [1.82, 2.24) is 4.98 Å². The SMILES string of the molecule is O=C(c1cccs1)C1C(=O)N(C(=O)Nc2ccccc2)c2ccc(Cl)nc21. The van der Waals surface area contributed by atoms with Gasteiger partial charge in [-0.2, -0.15) is 0 Å². The molecule has 1 atom stereocenters. The summed E-state index contributed by atoms with van der Waals surface area (Å²) in [6.45, 7) is 0. The Morgan fingerprint density at radius 3 is 2.56 bits per heavy atom. The van der Waals surface area contributed by atoms with Crippen molar-refractivity contribution in [1.29, 1.82) is 0 Å². The van der Waals surface area contributed by atoms with Crippen LogP contribution in [-0.2, 0) is 4.79 Å². The number of nitrogens with one attached hydrogen (secondary N) is 1. The van der Waals surface area contributed by atoms with E-state index in [-0.39, 0.29) is 16.5 Å². The van der Waals surface area contributed by atoms with Gasteiger partial charge in [-0.15, -0.1) is 11.3 Å². The number of hydrogen-bond acceptors (Lipinski definition) is 5. The van der Waals surface area contributed by atoms with E-state index in [1.807, 2.05) is 6.07 Å². The lowest BCUT2D eigenvalue weighted by molar-refractivity contribution is -0.117. The summed E-state index contributed by atoms with van der Waals surface area (Å²) in [5, 5.41) is 4.56. The number of Topliss-reactive ketones (excluding diaryl/α,β-unsaturated/α-hetero) is 1. The minimum atomic E-state index is -1.20. The predicted octanol–water partition coefficient (Wildman–Crippen LogP) is 4.34. The number of fused-ring (bicyclic) bond motifs is 1. The minimum absolute atomic E-state index is 0.149. The van der Waals surface area contributed by atoms with E-state index in [1.165, 1.54) is 23.5 Å². The highest BCUT2D eigenvalue weighted by Crippen LogP contribution is 2.39. The number of para-hydroxylation sites is 1. The molecule has 27 heavy (non-hydrogen) atoms. The fourth-order valence-corrected chi connectivity index (χ4v) is 3.77. The molecule has 8 heteroatoms. The van der Waals surface area contributed by atoms with Crippen molar-refractivity contribution in [3.8, 4) is 0 Å². The molecule has 1 unspecified atom stereocenters. The Labute approximate surface area is 163 Å². The number of rotatable bonds is 3. The maximum Gasteiger partial charge on any atom is 0.333 e. The molecule has 4 rings (SSSR count). The molecule has 0 aliphatic carbocycles. The van der Waals surface area contributed by atoms with Crippen LogP contribution in [0.5, 0.6) is 0 Å². The van der Waals surface area contributed by atoms with Crippen LogP contribution >= 0.6 is 22.9 Å². The van der Waals surface area contributed by atoms with Crippen LogP contribution in [0.2, 0.25) is 5.15 Å². The van der Waals surface area contributed by atoms with E-state index in [9.17, 15) is 14.4 Å². The average Bonchev–Trinajstić information content (AvgIpc) is 3.28. The Hall–Kier alpha value is -3.03. The molecule has 1 aliphatic heterocycles. The number of anilines is 2. The van der Waals surface area contributed by atoms with E-state index in [4.69, 9.17) is 11.6 Å². The molecule has 1 aliphatic rings. The van der Waals surface area contributed by atoms with Crippen molar-refractivity contribution in [2.45, 2.75) is 5.92 Å². The standard InChI is InChI=1S/C19H12ClN3O3S/c20-14-9-8-12-16(22-14)15(17(24)13-7-4-10-27-13)18(25)23(12)19(26)21-11-5-2-1-3-6-11/h1-10,15H,(H,21,26). The predicted molar refractivity (Wildman–Crippen MR) is 104 cm³/mol. The third-order valence-electron chi connectivity index (χ3n) is 4.10. The zero-order chi connectivity index (χ0) is 19.0. The quantitative estimate of drug-likeness (QED) is 0.405. The van der Waals surface area contributed by atoms with Crippen LogP contribution < -0.4 is 10.2 Å². The third kappa shape index (κ3) is 3.11. The summed E-state index contributed by atoms with van der Waals surface area (Å²) in [5.74, 6) is -2.24. The molecule has 0 spiro atoms. The maximum atomic E-state index is 13.0. The molecule has 0 saturated heterocycles. The van der Waals surface area contributed by atoms with Crippen molar-refractivity contribution in [3.05, 3.63) is 75.7 Å². The number of hydrogen-bond donors (Lipinski definition) is 1. The largest absolute Gasteiger partial charge is 0.333 e. The Kier molecular flexibility index (Phi) is 4.47. The van der Waals surface area contributed by atoms with Gasteiger partial charge in [0.15, 0.2) is 5.78 Å². The molecule has 0 radical (unpaired) electrons. The summed E-state index contributed by atoms with van der Waals surface area (Å²) in [4.78, 5) is 44.2. The van der Waals surface area contributed by atoms with Crippen LogP contribution in [0, 0.1) is 0 Å². The Bertz CT molecular complexity index is 1040. The first-order valence-corrected chi connectivity index (χ1v) is 9.26. The Morgan fingerprint density at radius 2 is 1.85 bits per heavy atom. The number of aromatic nitrogens is 1. The fraction of sp³-hybridized carbons (Fsp3) is 0.0526. The summed E-state index contributed by atoms with van der Waals surface area (Å²) >= 11 is 7.20. The van der Waals surface area contributed by atoms with Crippen molar-refractivity contribution in [2.24, 2.45) is 0 Å². The minimum Gasteiger partial charge on any atom is -0.307 e. The Balaban J connectivity index is 1.73. The first-order chi connectivity index (χ1) is 13.1. The topological polar surface area (TPSA) is 79.4 Å². The van der Waals surface area contributed by atoms with E-state index >= 15 is 0 Å². The highest BCUT2D eigenvalue weighted by atomic mass is 35.5. The van der Waals surface area contributed by atoms with Gasteiger partial charge in [0, 0.05) is 5.69 Å². The fourth-order valence-electron chi connectivity index (χ4n) is 2.92. The summed E-state index contributed by atoms with van der Waals surface area (Å²) in [7, 11) is 0. The number of amides is 3. The number of halogens is 1. The molecule has 134 valence electrons. The number of carbonyl (C=O) groups is 3. The van der Waals surface area contributed by atoms with E-state index in [1.54, 1.807) is 41.8 Å². The number of benzene rings is 1. The van der Waals surface area contributed by atoms with Gasteiger partial charge in [-0.25, -0.2) is 14.7 Å². The first-order valence-electron chi connectivity index (χ1n) is 8.00. The summed E-state index contributed by atoms with van der Waals surface area (Å²) in [6.07, 6.45) is 0. The van der Waals surface area contributed by atoms with Gasteiger partial charge in [-0.3, -0.25) is 9.59 Å². The summed E-state index contributed by atoms with van der Waals surface area (Å²) < 4.78 is 0. The smallest absolute Gasteiger partial charge is 0.307 e. The molecule has 6 nitrogen and oxygen atoms in total. The van der Waals surface area contributed by atoms with Gasteiger partial charge in [0.05, 0.1) is 16.3 Å². The van der Waals surface area contributed by atoms with Crippen molar-refractivity contribution in [3.63, 3.8) is 0 Å². The van der Waals surface area contributed by atoms with Crippen LogP contribution in [0.4, 0.5) is 16.2 Å². The van der Waals surface area contributed by atoms with Crippen molar-refractivity contribution in [2.75, 3.05) is 10.2 Å². The number of nitrogens with zero attached hydrogens (tertiary/aromatic N) is 2. The normalized spacial score (nSPS) is 15.5. The molecule has 0 saturated carbocycles. The molecule has 0 fully saturated rings. The number of urea groups is 1. The first kappa shape index (κ1) is 17.4. The van der Waals surface area contributed by atoms with Crippen LogP contribution in [-0.4, -0.2) is 22.7 Å². The lowest BCUT2D eigenvalue weighted by atomic mass is 10.00. The highest BCUT2D eigenvalue weighted by molar-refractivity contribution is 7.12. The van der Waals surface area contributed by atoms with Gasteiger partial charge in [0.2, 0.25) is 0 Å². The number of thiophene rings is 1. The monoisotopic (exact) mass is 397 g/mol. The summed E-state index contributed by atoms with van der Waals surface area (Å²) in [5.41, 5.74) is 0.980. The second kappa shape index (κ2) is 6.94. The lowest BCUT2D eigenvalue weighted by Crippen LogP contribution is -2.39.